The highest BCUT2D eigenvalue weighted by Gasteiger charge is 2.23. The van der Waals surface area contributed by atoms with Crippen LogP contribution in [0.5, 0.6) is 0 Å². The number of fused-ring (bicyclic) bond motifs is 1. The number of nitrogens with zero attached hydrogens (tertiary/aromatic N) is 5. The molecule has 0 unspecified atom stereocenters. The van der Waals surface area contributed by atoms with Crippen LogP contribution in [0.4, 0.5) is 0 Å². The van der Waals surface area contributed by atoms with Gasteiger partial charge in [0, 0.05) is 30.2 Å². The minimum Gasteiger partial charge on any atom is -0.352 e. The van der Waals surface area contributed by atoms with E-state index in [4.69, 9.17) is 0 Å². The zero-order chi connectivity index (χ0) is 18.6. The zero-order valence-electron chi connectivity index (χ0n) is 15.0. The molecule has 1 amide bonds. The van der Waals surface area contributed by atoms with Crippen LogP contribution in [0, 0.1) is 6.92 Å². The standard InChI is InChI=1S/C20H20N6O/c1-15-6-5-9-18-17(15)10-12-25(18)13-11-21-20(27)19(26-14-22-23-24-26)16-7-3-2-4-8-16/h2-10,12,14,19H,11,13H2,1H3,(H,21,27)/t19-/m1/s1. The quantitative estimate of drug-likeness (QED) is 0.572. The van der Waals surface area contributed by atoms with Crippen LogP contribution in [0.25, 0.3) is 10.9 Å². The van der Waals surface area contributed by atoms with Crippen molar-refractivity contribution in [3.63, 3.8) is 0 Å². The minimum absolute atomic E-state index is 0.138. The van der Waals surface area contributed by atoms with Gasteiger partial charge in [-0.2, -0.15) is 0 Å². The molecular formula is C20H20N6O. The summed E-state index contributed by atoms with van der Waals surface area (Å²) in [5.41, 5.74) is 3.26. The van der Waals surface area contributed by atoms with Gasteiger partial charge in [-0.05, 0) is 40.6 Å². The highest BCUT2D eigenvalue weighted by molar-refractivity contribution is 5.84. The first-order valence-corrected chi connectivity index (χ1v) is 8.83. The number of carbonyl (C=O) groups excluding carboxylic acids is 1. The van der Waals surface area contributed by atoms with Crippen molar-refractivity contribution in [2.24, 2.45) is 0 Å². The van der Waals surface area contributed by atoms with Crippen LogP contribution in [0.2, 0.25) is 0 Å². The van der Waals surface area contributed by atoms with Gasteiger partial charge in [0.25, 0.3) is 0 Å². The monoisotopic (exact) mass is 360 g/mol. The summed E-state index contributed by atoms with van der Waals surface area (Å²) in [7, 11) is 0. The van der Waals surface area contributed by atoms with Gasteiger partial charge in [0.05, 0.1) is 0 Å². The van der Waals surface area contributed by atoms with Gasteiger partial charge in [0.1, 0.15) is 6.33 Å². The van der Waals surface area contributed by atoms with E-state index >= 15 is 0 Å². The van der Waals surface area contributed by atoms with E-state index < -0.39 is 6.04 Å². The number of aromatic nitrogens is 5. The maximum atomic E-state index is 12.9. The lowest BCUT2D eigenvalue weighted by molar-refractivity contribution is -0.123. The maximum absolute atomic E-state index is 12.9. The number of aryl methyl sites for hydroxylation is 1. The van der Waals surface area contributed by atoms with Crippen LogP contribution in [0.3, 0.4) is 0 Å². The molecule has 0 aliphatic rings. The van der Waals surface area contributed by atoms with Crippen LogP contribution in [0.15, 0.2) is 67.1 Å². The van der Waals surface area contributed by atoms with E-state index in [2.05, 4.69) is 62.8 Å². The number of carbonyl (C=O) groups is 1. The van der Waals surface area contributed by atoms with Crippen LogP contribution in [-0.2, 0) is 11.3 Å². The van der Waals surface area contributed by atoms with Crippen molar-refractivity contribution in [2.45, 2.75) is 19.5 Å². The molecule has 7 nitrogen and oxygen atoms in total. The molecule has 1 atom stereocenters. The van der Waals surface area contributed by atoms with E-state index in [9.17, 15) is 4.79 Å². The first-order valence-electron chi connectivity index (χ1n) is 8.83. The number of benzene rings is 2. The summed E-state index contributed by atoms with van der Waals surface area (Å²) in [6.07, 6.45) is 3.51. The Morgan fingerprint density at radius 2 is 1.96 bits per heavy atom. The third-order valence-electron chi connectivity index (χ3n) is 4.68. The summed E-state index contributed by atoms with van der Waals surface area (Å²) >= 11 is 0. The van der Waals surface area contributed by atoms with Crippen LogP contribution >= 0.6 is 0 Å². The Kier molecular flexibility index (Phi) is 4.65. The molecule has 0 bridgehead atoms. The smallest absolute Gasteiger partial charge is 0.249 e. The van der Waals surface area contributed by atoms with Crippen molar-refractivity contribution in [2.75, 3.05) is 6.54 Å². The molecule has 0 aliphatic heterocycles. The van der Waals surface area contributed by atoms with Gasteiger partial charge in [-0.1, -0.05) is 42.5 Å². The number of hydrogen-bond donors (Lipinski definition) is 1. The Morgan fingerprint density at radius 3 is 2.74 bits per heavy atom. The van der Waals surface area contributed by atoms with Gasteiger partial charge in [-0.15, -0.1) is 5.10 Å². The van der Waals surface area contributed by atoms with Gasteiger partial charge in [-0.3, -0.25) is 4.79 Å². The second-order valence-electron chi connectivity index (χ2n) is 6.41. The van der Waals surface area contributed by atoms with E-state index in [1.807, 2.05) is 30.3 Å². The lowest BCUT2D eigenvalue weighted by atomic mass is 10.1. The van der Waals surface area contributed by atoms with Crippen molar-refractivity contribution in [3.8, 4) is 0 Å². The zero-order valence-corrected chi connectivity index (χ0v) is 15.0. The SMILES string of the molecule is Cc1cccc2c1ccn2CCNC(=O)[C@@H](c1ccccc1)n1cnnn1. The fourth-order valence-corrected chi connectivity index (χ4v) is 3.31. The Hall–Kier alpha value is -3.48. The molecule has 27 heavy (non-hydrogen) atoms. The number of tetrazole rings is 1. The van der Waals surface area contributed by atoms with Crippen LogP contribution < -0.4 is 5.32 Å². The molecule has 136 valence electrons. The first-order chi connectivity index (χ1) is 13.2. The maximum Gasteiger partial charge on any atom is 0.249 e. The normalized spacial score (nSPS) is 12.2. The third-order valence-corrected chi connectivity index (χ3v) is 4.68. The average molecular weight is 360 g/mol. The molecule has 7 heteroatoms. The Morgan fingerprint density at radius 1 is 1.11 bits per heavy atom. The lowest BCUT2D eigenvalue weighted by Gasteiger charge is -2.17. The topological polar surface area (TPSA) is 77.6 Å². The van der Waals surface area contributed by atoms with Gasteiger partial charge in [-0.25, -0.2) is 4.68 Å². The van der Waals surface area contributed by atoms with E-state index in [-0.39, 0.29) is 5.91 Å². The molecule has 1 N–H and O–H groups in total. The number of amides is 1. The molecular weight excluding hydrogens is 340 g/mol. The summed E-state index contributed by atoms with van der Waals surface area (Å²) in [5, 5.41) is 15.5. The molecule has 0 spiro atoms. The molecule has 0 fully saturated rings. The molecule has 2 aromatic carbocycles. The fourth-order valence-electron chi connectivity index (χ4n) is 3.31. The highest BCUT2D eigenvalue weighted by atomic mass is 16.2. The second-order valence-corrected chi connectivity index (χ2v) is 6.41. The summed E-state index contributed by atoms with van der Waals surface area (Å²) in [5.74, 6) is -0.138. The van der Waals surface area contributed by atoms with Crippen molar-refractivity contribution in [1.82, 2.24) is 30.1 Å². The fraction of sp³-hybridized carbons (Fsp3) is 0.200. The second kappa shape index (κ2) is 7.41. The van der Waals surface area contributed by atoms with Gasteiger partial charge in [0.2, 0.25) is 5.91 Å². The van der Waals surface area contributed by atoms with Gasteiger partial charge in [0.15, 0.2) is 6.04 Å². The van der Waals surface area contributed by atoms with Gasteiger partial charge >= 0.3 is 0 Å². The number of rotatable bonds is 6. The van der Waals surface area contributed by atoms with Crippen molar-refractivity contribution >= 4 is 16.8 Å². The largest absolute Gasteiger partial charge is 0.352 e. The first kappa shape index (κ1) is 17.0. The highest BCUT2D eigenvalue weighted by Crippen LogP contribution is 2.19. The average Bonchev–Trinajstić information content (AvgIpc) is 3.34. The van der Waals surface area contributed by atoms with E-state index in [0.717, 1.165) is 5.56 Å². The van der Waals surface area contributed by atoms with Gasteiger partial charge < -0.3 is 9.88 Å². The van der Waals surface area contributed by atoms with Crippen molar-refractivity contribution in [3.05, 3.63) is 78.2 Å². The predicted molar refractivity (Wildman–Crippen MR) is 102 cm³/mol. The molecule has 2 aromatic heterocycles. The van der Waals surface area contributed by atoms with E-state index in [1.54, 1.807) is 0 Å². The lowest BCUT2D eigenvalue weighted by Crippen LogP contribution is -2.35. The molecule has 0 radical (unpaired) electrons. The number of nitrogens with one attached hydrogen (secondary N) is 1. The van der Waals surface area contributed by atoms with Crippen molar-refractivity contribution < 1.29 is 4.79 Å². The Labute approximate surface area is 156 Å². The van der Waals surface area contributed by atoms with E-state index in [1.165, 1.54) is 27.5 Å². The predicted octanol–water partition coefficient (Wildman–Crippen LogP) is 2.34. The summed E-state index contributed by atoms with van der Waals surface area (Å²) < 4.78 is 3.62. The van der Waals surface area contributed by atoms with Crippen LogP contribution in [-0.4, -0.2) is 37.2 Å². The third kappa shape index (κ3) is 3.44. The summed E-state index contributed by atoms with van der Waals surface area (Å²) in [4.78, 5) is 12.9. The van der Waals surface area contributed by atoms with Crippen molar-refractivity contribution in [1.29, 1.82) is 0 Å². The molecule has 4 aromatic rings. The summed E-state index contributed by atoms with van der Waals surface area (Å²) in [6.45, 7) is 3.31. The molecule has 0 saturated heterocycles. The number of hydrogen-bond acceptors (Lipinski definition) is 4. The minimum atomic E-state index is -0.593. The molecule has 0 saturated carbocycles. The van der Waals surface area contributed by atoms with E-state index in [0.29, 0.717) is 13.1 Å². The molecule has 0 aliphatic carbocycles. The summed E-state index contributed by atoms with van der Waals surface area (Å²) in [6, 6.07) is 17.3. The molecule has 4 rings (SSSR count). The van der Waals surface area contributed by atoms with Crippen LogP contribution in [0.1, 0.15) is 17.2 Å². The Bertz CT molecular complexity index is 1040. The molecule has 2 heterocycles. The Balaban J connectivity index is 1.48.